The van der Waals surface area contributed by atoms with Gasteiger partial charge in [0, 0.05) is 12.2 Å². The first-order valence-electron chi connectivity index (χ1n) is 9.17. The van der Waals surface area contributed by atoms with Crippen LogP contribution in [0.25, 0.3) is 5.52 Å². The summed E-state index contributed by atoms with van der Waals surface area (Å²) < 4.78 is 1.61. The third-order valence-electron chi connectivity index (χ3n) is 4.63. The Morgan fingerprint density at radius 2 is 1.96 bits per heavy atom. The van der Waals surface area contributed by atoms with Gasteiger partial charge in [0.25, 0.3) is 11.8 Å². The van der Waals surface area contributed by atoms with Crippen molar-refractivity contribution in [2.24, 2.45) is 0 Å². The zero-order valence-corrected chi connectivity index (χ0v) is 17.1. The minimum Gasteiger partial charge on any atom is -0.348 e. The van der Waals surface area contributed by atoms with Crippen LogP contribution in [0.15, 0.2) is 36.5 Å². The van der Waals surface area contributed by atoms with Gasteiger partial charge in [0.15, 0.2) is 5.69 Å². The standard InChI is InChI=1S/C21H23ClN4O2/c1-5-14(4)23-20(27)18-16-8-6-7-9-26(16)19(24-18)21(28)25-17-13(3)10-12(2)11-15(17)22/h6-11,14H,5H2,1-4H3,(H,23,27)(H,25,28). The van der Waals surface area contributed by atoms with E-state index in [-0.39, 0.29) is 23.5 Å². The van der Waals surface area contributed by atoms with Crippen LogP contribution in [0.5, 0.6) is 0 Å². The predicted octanol–water partition coefficient (Wildman–Crippen LogP) is 4.39. The lowest BCUT2D eigenvalue weighted by Crippen LogP contribution is -2.32. The zero-order chi connectivity index (χ0) is 20.4. The molecule has 1 unspecified atom stereocenters. The molecule has 0 aliphatic carbocycles. The van der Waals surface area contributed by atoms with Crippen LogP contribution in [0.3, 0.4) is 0 Å². The molecule has 0 saturated heterocycles. The molecule has 0 fully saturated rings. The fraction of sp³-hybridized carbons (Fsp3) is 0.286. The number of nitrogens with zero attached hydrogens (tertiary/aromatic N) is 2. The van der Waals surface area contributed by atoms with E-state index in [2.05, 4.69) is 15.6 Å². The molecule has 7 heteroatoms. The summed E-state index contributed by atoms with van der Waals surface area (Å²) in [4.78, 5) is 29.9. The first-order valence-corrected chi connectivity index (χ1v) is 9.55. The van der Waals surface area contributed by atoms with Crippen LogP contribution >= 0.6 is 11.6 Å². The zero-order valence-electron chi connectivity index (χ0n) is 16.3. The number of rotatable bonds is 5. The number of hydrogen-bond donors (Lipinski definition) is 2. The molecular formula is C21H23ClN4O2. The number of anilines is 1. The first-order chi connectivity index (χ1) is 13.3. The van der Waals surface area contributed by atoms with Crippen molar-refractivity contribution in [2.75, 3.05) is 5.32 Å². The van der Waals surface area contributed by atoms with E-state index in [0.29, 0.717) is 16.2 Å². The highest BCUT2D eigenvalue weighted by atomic mass is 35.5. The van der Waals surface area contributed by atoms with Crippen molar-refractivity contribution in [3.05, 3.63) is 64.2 Å². The SMILES string of the molecule is CCC(C)NC(=O)c1nc(C(=O)Nc2c(C)cc(C)cc2Cl)n2ccccc12. The predicted molar refractivity (Wildman–Crippen MR) is 111 cm³/mol. The largest absolute Gasteiger partial charge is 0.348 e. The summed E-state index contributed by atoms with van der Waals surface area (Å²) in [6, 6.07) is 9.10. The Balaban J connectivity index is 1.99. The molecule has 28 heavy (non-hydrogen) atoms. The second-order valence-electron chi connectivity index (χ2n) is 6.92. The van der Waals surface area contributed by atoms with Gasteiger partial charge in [-0.05, 0) is 56.5 Å². The van der Waals surface area contributed by atoms with E-state index in [1.54, 1.807) is 34.9 Å². The fourth-order valence-electron chi connectivity index (χ4n) is 3.00. The molecule has 6 nitrogen and oxygen atoms in total. The van der Waals surface area contributed by atoms with Crippen LogP contribution in [0.1, 0.15) is 52.5 Å². The minimum atomic E-state index is -0.433. The minimum absolute atomic E-state index is 0.0132. The summed E-state index contributed by atoms with van der Waals surface area (Å²) in [5.41, 5.74) is 3.19. The van der Waals surface area contributed by atoms with Gasteiger partial charge in [-0.25, -0.2) is 4.98 Å². The smallest absolute Gasteiger partial charge is 0.292 e. The molecule has 2 aromatic heterocycles. The quantitative estimate of drug-likeness (QED) is 0.669. The van der Waals surface area contributed by atoms with E-state index in [4.69, 9.17) is 11.6 Å². The van der Waals surface area contributed by atoms with Crippen LogP contribution in [0.2, 0.25) is 5.02 Å². The maximum absolute atomic E-state index is 12.9. The average molecular weight is 399 g/mol. The number of benzene rings is 1. The molecular weight excluding hydrogens is 376 g/mol. The Labute approximate surface area is 168 Å². The van der Waals surface area contributed by atoms with Gasteiger partial charge in [0.1, 0.15) is 0 Å². The number of pyridine rings is 1. The summed E-state index contributed by atoms with van der Waals surface area (Å²) in [5.74, 6) is -0.611. The van der Waals surface area contributed by atoms with Crippen molar-refractivity contribution in [1.29, 1.82) is 0 Å². The number of halogens is 1. The molecule has 0 spiro atoms. The van der Waals surface area contributed by atoms with E-state index in [1.165, 1.54) is 0 Å². The van der Waals surface area contributed by atoms with Crippen LogP contribution in [0.4, 0.5) is 5.69 Å². The van der Waals surface area contributed by atoms with E-state index in [1.807, 2.05) is 33.8 Å². The summed E-state index contributed by atoms with van der Waals surface area (Å²) in [6.45, 7) is 7.73. The summed E-state index contributed by atoms with van der Waals surface area (Å²) >= 11 is 6.31. The van der Waals surface area contributed by atoms with Crippen molar-refractivity contribution in [1.82, 2.24) is 14.7 Å². The topological polar surface area (TPSA) is 75.5 Å². The molecule has 1 aromatic carbocycles. The molecule has 1 atom stereocenters. The molecule has 2 amide bonds. The number of carbonyl (C=O) groups is 2. The maximum Gasteiger partial charge on any atom is 0.292 e. The molecule has 0 aliphatic heterocycles. The number of nitrogens with one attached hydrogen (secondary N) is 2. The van der Waals surface area contributed by atoms with E-state index < -0.39 is 5.91 Å². The van der Waals surface area contributed by atoms with Gasteiger partial charge in [-0.1, -0.05) is 30.7 Å². The third kappa shape index (κ3) is 3.87. The number of amides is 2. The Bertz CT molecular complexity index is 1030. The second kappa shape index (κ2) is 8.02. The Hall–Kier alpha value is -2.86. The van der Waals surface area contributed by atoms with Crippen molar-refractivity contribution in [3.8, 4) is 0 Å². The van der Waals surface area contributed by atoms with Gasteiger partial charge < -0.3 is 10.6 Å². The van der Waals surface area contributed by atoms with Gasteiger partial charge in [0.2, 0.25) is 5.82 Å². The van der Waals surface area contributed by atoms with Crippen LogP contribution in [-0.4, -0.2) is 27.2 Å². The van der Waals surface area contributed by atoms with Crippen LogP contribution in [0, 0.1) is 13.8 Å². The number of aromatic nitrogens is 2. The van der Waals surface area contributed by atoms with Gasteiger partial charge >= 0.3 is 0 Å². The molecule has 2 N–H and O–H groups in total. The number of imidazole rings is 1. The Kier molecular flexibility index (Phi) is 5.70. The van der Waals surface area contributed by atoms with E-state index in [9.17, 15) is 9.59 Å². The lowest BCUT2D eigenvalue weighted by Gasteiger charge is -2.11. The molecule has 0 saturated carbocycles. The van der Waals surface area contributed by atoms with Gasteiger partial charge in [-0.2, -0.15) is 0 Å². The number of fused-ring (bicyclic) bond motifs is 1. The first kappa shape index (κ1) is 19.9. The van der Waals surface area contributed by atoms with E-state index in [0.717, 1.165) is 17.5 Å². The van der Waals surface area contributed by atoms with Crippen LogP contribution in [-0.2, 0) is 0 Å². The molecule has 3 rings (SSSR count). The lowest BCUT2D eigenvalue weighted by molar-refractivity contribution is 0.0936. The fourth-order valence-corrected chi connectivity index (χ4v) is 3.37. The maximum atomic E-state index is 12.9. The molecule has 0 radical (unpaired) electrons. The highest BCUT2D eigenvalue weighted by Gasteiger charge is 2.23. The van der Waals surface area contributed by atoms with Crippen LogP contribution < -0.4 is 10.6 Å². The molecule has 2 heterocycles. The monoisotopic (exact) mass is 398 g/mol. The van der Waals surface area contributed by atoms with Crippen molar-refractivity contribution in [3.63, 3.8) is 0 Å². The van der Waals surface area contributed by atoms with Gasteiger partial charge in [-0.15, -0.1) is 0 Å². The summed E-state index contributed by atoms with van der Waals surface area (Å²) in [7, 11) is 0. The lowest BCUT2D eigenvalue weighted by atomic mass is 10.1. The Morgan fingerprint density at radius 3 is 2.64 bits per heavy atom. The number of carbonyl (C=O) groups excluding carboxylic acids is 2. The van der Waals surface area contributed by atoms with Crippen molar-refractivity contribution in [2.45, 2.75) is 40.2 Å². The number of hydrogen-bond acceptors (Lipinski definition) is 3. The number of aryl methyl sites for hydroxylation is 2. The summed E-state index contributed by atoms with van der Waals surface area (Å²) in [6.07, 6.45) is 2.51. The average Bonchev–Trinajstić information content (AvgIpc) is 3.04. The summed E-state index contributed by atoms with van der Waals surface area (Å²) in [5, 5.41) is 6.19. The molecule has 3 aromatic rings. The highest BCUT2D eigenvalue weighted by Crippen LogP contribution is 2.28. The molecule has 146 valence electrons. The second-order valence-corrected chi connectivity index (χ2v) is 7.32. The van der Waals surface area contributed by atoms with E-state index >= 15 is 0 Å². The van der Waals surface area contributed by atoms with Crippen molar-refractivity contribution < 1.29 is 9.59 Å². The van der Waals surface area contributed by atoms with Gasteiger partial charge in [-0.3, -0.25) is 14.0 Å². The van der Waals surface area contributed by atoms with Gasteiger partial charge in [0.05, 0.1) is 16.2 Å². The van der Waals surface area contributed by atoms with Crippen molar-refractivity contribution >= 4 is 34.6 Å². The molecule has 0 bridgehead atoms. The Morgan fingerprint density at radius 1 is 1.21 bits per heavy atom. The normalized spacial score (nSPS) is 12.0. The third-order valence-corrected chi connectivity index (χ3v) is 4.92. The highest BCUT2D eigenvalue weighted by molar-refractivity contribution is 6.34. The molecule has 0 aliphatic rings.